The van der Waals surface area contributed by atoms with Crippen LogP contribution in [0.25, 0.3) is 11.1 Å². The highest BCUT2D eigenvalue weighted by molar-refractivity contribution is 5.99. The van der Waals surface area contributed by atoms with Crippen LogP contribution in [-0.2, 0) is 9.47 Å². The Morgan fingerprint density at radius 1 is 0.900 bits per heavy atom. The Morgan fingerprint density at radius 2 is 1.50 bits per heavy atom. The minimum Gasteiger partial charge on any atom is -0.478 e. The maximum Gasteiger partial charge on any atom is 0.412 e. The van der Waals surface area contributed by atoms with Crippen molar-refractivity contribution in [2.45, 2.75) is 32.3 Å². The Balaban J connectivity index is 1.20. The van der Waals surface area contributed by atoms with Gasteiger partial charge in [-0.15, -0.1) is 0 Å². The number of hydrogen-bond donors (Lipinski definition) is 2. The molecule has 5 rings (SSSR count). The van der Waals surface area contributed by atoms with Gasteiger partial charge in [0.2, 0.25) is 0 Å². The largest absolute Gasteiger partial charge is 0.478 e. The van der Waals surface area contributed by atoms with E-state index in [-0.39, 0.29) is 29.9 Å². The first-order chi connectivity index (χ1) is 19.1. The van der Waals surface area contributed by atoms with E-state index >= 15 is 0 Å². The summed E-state index contributed by atoms with van der Waals surface area (Å²) in [5, 5.41) is 12.1. The number of carbonyl (C=O) groups excluding carboxylic acids is 2. The van der Waals surface area contributed by atoms with Crippen LogP contribution in [-0.4, -0.2) is 66.5 Å². The van der Waals surface area contributed by atoms with Gasteiger partial charge in [-0.25, -0.2) is 14.4 Å². The second-order valence-electron chi connectivity index (χ2n) is 10.9. The van der Waals surface area contributed by atoms with Gasteiger partial charge in [0.25, 0.3) is 0 Å². The van der Waals surface area contributed by atoms with Gasteiger partial charge < -0.3 is 24.4 Å². The summed E-state index contributed by atoms with van der Waals surface area (Å²) in [5.41, 5.74) is 4.84. The third kappa shape index (κ3) is 5.73. The SMILES string of the molecule is CC(C)(C)OC(=O)Nc1cc(N2CCN(C(=O)OCC3c4ccccc4-c4ccccc43)CC2)ccc1C(=O)O. The molecule has 0 bridgehead atoms. The van der Waals surface area contributed by atoms with Crippen LogP contribution < -0.4 is 10.2 Å². The van der Waals surface area contributed by atoms with Gasteiger partial charge in [-0.3, -0.25) is 5.32 Å². The van der Waals surface area contributed by atoms with Gasteiger partial charge in [0, 0.05) is 37.8 Å². The molecule has 1 aliphatic heterocycles. The number of carboxylic acid groups (broad SMARTS) is 1. The van der Waals surface area contributed by atoms with E-state index < -0.39 is 17.7 Å². The summed E-state index contributed by atoms with van der Waals surface area (Å²) >= 11 is 0. The molecule has 1 aliphatic carbocycles. The van der Waals surface area contributed by atoms with Crippen LogP contribution >= 0.6 is 0 Å². The van der Waals surface area contributed by atoms with Crippen LogP contribution in [0.2, 0.25) is 0 Å². The molecule has 40 heavy (non-hydrogen) atoms. The highest BCUT2D eigenvalue weighted by Gasteiger charge is 2.30. The standard InChI is InChI=1S/C31H33N3O6/c1-31(2,3)40-29(37)32-27-18-20(12-13-25(27)28(35)36)33-14-16-34(17-15-33)30(38)39-19-26-23-10-6-4-8-21(23)22-9-5-7-11-24(22)26/h4-13,18,26H,14-17,19H2,1-3H3,(H,32,37)(H,35,36). The summed E-state index contributed by atoms with van der Waals surface area (Å²) < 4.78 is 11.1. The summed E-state index contributed by atoms with van der Waals surface area (Å²) in [4.78, 5) is 40.7. The minimum atomic E-state index is -1.15. The molecule has 2 aliphatic rings. The van der Waals surface area contributed by atoms with Crippen LogP contribution in [0.3, 0.4) is 0 Å². The van der Waals surface area contributed by atoms with Crippen molar-refractivity contribution < 1.29 is 29.0 Å². The number of rotatable bonds is 5. The summed E-state index contributed by atoms with van der Waals surface area (Å²) in [6.07, 6.45) is -1.08. The molecular weight excluding hydrogens is 510 g/mol. The lowest BCUT2D eigenvalue weighted by Gasteiger charge is -2.36. The number of benzene rings is 3. The van der Waals surface area contributed by atoms with Crippen molar-refractivity contribution in [2.75, 3.05) is 43.0 Å². The lowest BCUT2D eigenvalue weighted by molar-refractivity contribution is 0.0635. The van der Waals surface area contributed by atoms with Gasteiger partial charge in [-0.1, -0.05) is 48.5 Å². The monoisotopic (exact) mass is 543 g/mol. The molecule has 0 unspecified atom stereocenters. The summed E-state index contributed by atoms with van der Waals surface area (Å²) in [5.74, 6) is -1.15. The van der Waals surface area contributed by atoms with Gasteiger partial charge in [0.15, 0.2) is 0 Å². The van der Waals surface area contributed by atoms with Crippen molar-refractivity contribution >= 4 is 29.5 Å². The molecule has 0 atom stereocenters. The number of nitrogens with one attached hydrogen (secondary N) is 1. The molecule has 1 fully saturated rings. The molecule has 2 amide bonds. The number of carbonyl (C=O) groups is 3. The van der Waals surface area contributed by atoms with Gasteiger partial charge in [-0.2, -0.15) is 0 Å². The number of fused-ring (bicyclic) bond motifs is 3. The van der Waals surface area contributed by atoms with Crippen LogP contribution in [0, 0.1) is 0 Å². The molecule has 9 nitrogen and oxygen atoms in total. The van der Waals surface area contributed by atoms with Crippen LogP contribution in [0.5, 0.6) is 0 Å². The van der Waals surface area contributed by atoms with Gasteiger partial charge in [-0.05, 0) is 61.2 Å². The molecule has 2 N–H and O–H groups in total. The Hall–Kier alpha value is -4.53. The molecule has 0 spiro atoms. The molecule has 3 aromatic rings. The lowest BCUT2D eigenvalue weighted by Crippen LogP contribution is -2.49. The quantitative estimate of drug-likeness (QED) is 0.419. The van der Waals surface area contributed by atoms with Gasteiger partial charge in [0.1, 0.15) is 12.2 Å². The molecule has 208 valence electrons. The Kier molecular flexibility index (Phi) is 7.38. The molecule has 9 heteroatoms. The number of hydrogen-bond acceptors (Lipinski definition) is 6. The molecule has 1 saturated heterocycles. The van der Waals surface area contributed by atoms with E-state index in [9.17, 15) is 19.5 Å². The summed E-state index contributed by atoms with van der Waals surface area (Å²) in [6.45, 7) is 7.43. The van der Waals surface area contributed by atoms with E-state index in [1.54, 1.807) is 37.8 Å². The maximum absolute atomic E-state index is 13.0. The third-order valence-electron chi connectivity index (χ3n) is 7.11. The van der Waals surface area contributed by atoms with Gasteiger partial charge >= 0.3 is 18.2 Å². The second-order valence-corrected chi connectivity index (χ2v) is 10.9. The van der Waals surface area contributed by atoms with E-state index in [1.165, 1.54) is 28.3 Å². The molecular formula is C31H33N3O6. The predicted octanol–water partition coefficient (Wildman–Crippen LogP) is 5.80. The van der Waals surface area contributed by atoms with Crippen LogP contribution in [0.1, 0.15) is 48.2 Å². The molecule has 1 heterocycles. The summed E-state index contributed by atoms with van der Waals surface area (Å²) in [7, 11) is 0. The first-order valence-electron chi connectivity index (χ1n) is 13.3. The maximum atomic E-state index is 13.0. The van der Waals surface area contributed by atoms with Crippen molar-refractivity contribution in [1.29, 1.82) is 0 Å². The zero-order valence-electron chi connectivity index (χ0n) is 22.8. The topological polar surface area (TPSA) is 108 Å². The fraction of sp³-hybridized carbons (Fsp3) is 0.323. The Morgan fingerprint density at radius 3 is 2.08 bits per heavy atom. The number of aromatic carboxylic acids is 1. The molecule has 0 aromatic heterocycles. The van der Waals surface area contributed by atoms with E-state index in [0.717, 1.165) is 5.69 Å². The van der Waals surface area contributed by atoms with E-state index in [2.05, 4.69) is 29.6 Å². The zero-order chi connectivity index (χ0) is 28.4. The Labute approximate surface area is 233 Å². The summed E-state index contributed by atoms with van der Waals surface area (Å²) in [6, 6.07) is 21.2. The van der Waals surface area contributed by atoms with E-state index in [0.29, 0.717) is 26.2 Å². The predicted molar refractivity (Wildman–Crippen MR) is 152 cm³/mol. The van der Waals surface area contributed by atoms with E-state index in [4.69, 9.17) is 9.47 Å². The van der Waals surface area contributed by atoms with Crippen molar-refractivity contribution in [1.82, 2.24) is 4.90 Å². The zero-order valence-corrected chi connectivity index (χ0v) is 22.8. The van der Waals surface area contributed by atoms with Crippen molar-refractivity contribution in [3.8, 4) is 11.1 Å². The third-order valence-corrected chi connectivity index (χ3v) is 7.11. The smallest absolute Gasteiger partial charge is 0.412 e. The second kappa shape index (κ2) is 10.9. The average molecular weight is 544 g/mol. The van der Waals surface area contributed by atoms with E-state index in [1.807, 2.05) is 29.2 Å². The molecule has 0 radical (unpaired) electrons. The normalized spacial score (nSPS) is 14.8. The number of ether oxygens (including phenoxy) is 2. The number of amides is 2. The van der Waals surface area contributed by atoms with Crippen molar-refractivity contribution in [2.24, 2.45) is 0 Å². The molecule has 3 aromatic carbocycles. The highest BCUT2D eigenvalue weighted by atomic mass is 16.6. The fourth-order valence-electron chi connectivity index (χ4n) is 5.26. The average Bonchev–Trinajstić information content (AvgIpc) is 3.24. The highest BCUT2D eigenvalue weighted by Crippen LogP contribution is 2.44. The van der Waals surface area contributed by atoms with Crippen LogP contribution in [0.15, 0.2) is 66.7 Å². The first-order valence-corrected chi connectivity index (χ1v) is 13.3. The number of piperazine rings is 1. The fourth-order valence-corrected chi connectivity index (χ4v) is 5.26. The lowest BCUT2D eigenvalue weighted by atomic mass is 9.98. The number of nitrogens with zero attached hydrogens (tertiary/aromatic N) is 2. The van der Waals surface area contributed by atoms with Crippen molar-refractivity contribution in [3.05, 3.63) is 83.4 Å². The minimum absolute atomic E-state index is 0.00119. The van der Waals surface area contributed by atoms with Crippen LogP contribution in [0.4, 0.5) is 21.0 Å². The van der Waals surface area contributed by atoms with Gasteiger partial charge in [0.05, 0.1) is 11.3 Å². The number of anilines is 2. The number of carboxylic acids is 1. The first kappa shape index (κ1) is 27.1. The Bertz CT molecular complexity index is 1390. The van der Waals surface area contributed by atoms with Crippen molar-refractivity contribution in [3.63, 3.8) is 0 Å². The molecule has 0 saturated carbocycles.